The molecule has 1 aliphatic heterocycles. The van der Waals surface area contributed by atoms with Crippen LogP contribution < -0.4 is 10.6 Å². The first-order chi connectivity index (χ1) is 19.4. The lowest BCUT2D eigenvalue weighted by Gasteiger charge is -2.24. The molecule has 1 aliphatic rings. The van der Waals surface area contributed by atoms with Gasteiger partial charge in [-0.15, -0.1) is 0 Å². The van der Waals surface area contributed by atoms with E-state index in [2.05, 4.69) is 10.6 Å². The zero-order valence-corrected chi connectivity index (χ0v) is 21.8. The van der Waals surface area contributed by atoms with Crippen LogP contribution in [0, 0.1) is 12.7 Å². The van der Waals surface area contributed by atoms with E-state index >= 15 is 0 Å². The van der Waals surface area contributed by atoms with Crippen molar-refractivity contribution in [3.63, 3.8) is 0 Å². The van der Waals surface area contributed by atoms with Crippen molar-refractivity contribution in [3.05, 3.63) is 137 Å². The summed E-state index contributed by atoms with van der Waals surface area (Å²) in [6.45, 7) is 2.27. The van der Waals surface area contributed by atoms with E-state index in [1.807, 2.05) is 49.4 Å². The predicted molar refractivity (Wildman–Crippen MR) is 149 cm³/mol. The van der Waals surface area contributed by atoms with Gasteiger partial charge in [0.15, 0.2) is 12.1 Å². The van der Waals surface area contributed by atoms with Gasteiger partial charge >= 0.3 is 6.09 Å². The van der Waals surface area contributed by atoms with E-state index in [0.29, 0.717) is 22.4 Å². The molecule has 0 aromatic heterocycles. The Morgan fingerprint density at radius 2 is 1.60 bits per heavy atom. The number of anilines is 1. The van der Waals surface area contributed by atoms with Crippen LogP contribution in [-0.4, -0.2) is 28.8 Å². The molecule has 0 bridgehead atoms. The highest BCUT2D eigenvalue weighted by Gasteiger charge is 2.47. The fourth-order valence-corrected chi connectivity index (χ4v) is 4.59. The van der Waals surface area contributed by atoms with Gasteiger partial charge in [-0.25, -0.2) is 9.18 Å². The van der Waals surface area contributed by atoms with Crippen LogP contribution >= 0.6 is 0 Å². The highest BCUT2D eigenvalue weighted by Crippen LogP contribution is 2.35. The molecule has 5 rings (SSSR count). The van der Waals surface area contributed by atoms with Crippen LogP contribution in [-0.2, 0) is 22.6 Å². The number of amides is 3. The number of ether oxygens (including phenoxy) is 1. The van der Waals surface area contributed by atoms with Crippen molar-refractivity contribution in [2.24, 2.45) is 0 Å². The average Bonchev–Trinajstić information content (AvgIpc) is 3.29. The van der Waals surface area contributed by atoms with Gasteiger partial charge in [-0.05, 0) is 60.0 Å². The van der Waals surface area contributed by atoms with Crippen LogP contribution in [0.25, 0.3) is 0 Å². The molecule has 0 saturated carbocycles. The van der Waals surface area contributed by atoms with Crippen LogP contribution in [0.2, 0.25) is 0 Å². The molecule has 3 amide bonds. The molecular weight excluding hydrogens is 509 g/mol. The number of hydrogen-bond donors (Lipinski definition) is 2. The molecule has 2 N–H and O–H groups in total. The van der Waals surface area contributed by atoms with Crippen molar-refractivity contribution in [3.8, 4) is 0 Å². The Balaban J connectivity index is 1.40. The number of nitrogens with zero attached hydrogens (tertiary/aromatic N) is 1. The zero-order valence-electron chi connectivity index (χ0n) is 21.8. The van der Waals surface area contributed by atoms with E-state index < -0.39 is 30.0 Å². The van der Waals surface area contributed by atoms with Crippen molar-refractivity contribution < 1.29 is 23.5 Å². The Hall–Kier alpha value is -4.98. The molecule has 0 spiro atoms. The number of benzene rings is 4. The summed E-state index contributed by atoms with van der Waals surface area (Å²) in [5, 5.41) is 5.79. The second kappa shape index (κ2) is 11.8. The first kappa shape index (κ1) is 26.6. The molecule has 2 atom stereocenters. The minimum absolute atomic E-state index is 0.0584. The number of cyclic esters (lactones) is 1. The van der Waals surface area contributed by atoms with Gasteiger partial charge in [-0.2, -0.15) is 0 Å². The summed E-state index contributed by atoms with van der Waals surface area (Å²) >= 11 is 0. The van der Waals surface area contributed by atoms with Gasteiger partial charge in [0.05, 0.1) is 6.54 Å². The molecule has 7 nitrogen and oxygen atoms in total. The van der Waals surface area contributed by atoms with E-state index in [4.69, 9.17) is 4.74 Å². The monoisotopic (exact) mass is 537 g/mol. The summed E-state index contributed by atoms with van der Waals surface area (Å²) in [5.41, 5.74) is 4.16. The lowest BCUT2D eigenvalue weighted by atomic mass is 10.00. The van der Waals surface area contributed by atoms with E-state index in [9.17, 15) is 18.8 Å². The van der Waals surface area contributed by atoms with E-state index in [-0.39, 0.29) is 19.0 Å². The molecular formula is C32H28FN3O4. The Kier molecular flexibility index (Phi) is 7.87. The Morgan fingerprint density at radius 1 is 0.875 bits per heavy atom. The van der Waals surface area contributed by atoms with Gasteiger partial charge in [-0.3, -0.25) is 14.5 Å². The van der Waals surface area contributed by atoms with Gasteiger partial charge in [0.2, 0.25) is 5.91 Å². The maximum absolute atomic E-state index is 13.6. The standard InChI is InChI=1S/C32H28FN3O4/c1-21-10-14-24(15-11-21)30(37)35-27-9-5-8-25(18-27)29-28(31(38)34-19-22-6-3-2-4-7-22)36(32(39)40-29)20-23-12-16-26(33)17-13-23/h2-18,28-29H,19-20H2,1H3,(H,34,38)(H,35,37)/t28-,29+/m0/s1. The Labute approximate surface area is 231 Å². The van der Waals surface area contributed by atoms with Crippen LogP contribution in [0.4, 0.5) is 14.9 Å². The number of halogens is 1. The minimum atomic E-state index is -0.996. The first-order valence-corrected chi connectivity index (χ1v) is 12.9. The number of aryl methyl sites for hydroxylation is 1. The van der Waals surface area contributed by atoms with E-state index in [1.165, 1.54) is 17.0 Å². The van der Waals surface area contributed by atoms with Crippen molar-refractivity contribution in [2.45, 2.75) is 32.2 Å². The molecule has 8 heteroatoms. The second-order valence-corrected chi connectivity index (χ2v) is 9.65. The van der Waals surface area contributed by atoms with Crippen molar-refractivity contribution in [1.29, 1.82) is 0 Å². The van der Waals surface area contributed by atoms with E-state index in [0.717, 1.165) is 11.1 Å². The summed E-state index contributed by atoms with van der Waals surface area (Å²) < 4.78 is 19.2. The van der Waals surface area contributed by atoms with E-state index in [1.54, 1.807) is 48.5 Å². The fraction of sp³-hybridized carbons (Fsp3) is 0.156. The molecule has 4 aromatic carbocycles. The smallest absolute Gasteiger partial charge is 0.411 e. The number of carbonyl (C=O) groups is 3. The lowest BCUT2D eigenvalue weighted by Crippen LogP contribution is -2.46. The number of rotatable bonds is 8. The SMILES string of the molecule is Cc1ccc(C(=O)Nc2cccc([C@H]3OC(=O)N(Cc4ccc(F)cc4)[C@@H]3C(=O)NCc3ccccc3)c2)cc1. The molecule has 0 aliphatic carbocycles. The number of hydrogen-bond acceptors (Lipinski definition) is 4. The fourth-order valence-electron chi connectivity index (χ4n) is 4.59. The summed E-state index contributed by atoms with van der Waals surface area (Å²) in [6.07, 6.45) is -1.59. The van der Waals surface area contributed by atoms with Gasteiger partial charge in [0.25, 0.3) is 5.91 Å². The molecule has 0 radical (unpaired) electrons. The largest absolute Gasteiger partial charge is 0.438 e. The summed E-state index contributed by atoms with van der Waals surface area (Å²) in [4.78, 5) is 40.8. The molecule has 1 fully saturated rings. The van der Waals surface area contributed by atoms with Gasteiger partial charge in [0.1, 0.15) is 5.82 Å². The first-order valence-electron chi connectivity index (χ1n) is 12.9. The predicted octanol–water partition coefficient (Wildman–Crippen LogP) is 5.76. The third kappa shape index (κ3) is 6.18. The van der Waals surface area contributed by atoms with Gasteiger partial charge < -0.3 is 15.4 Å². The highest BCUT2D eigenvalue weighted by molar-refractivity contribution is 6.04. The van der Waals surface area contributed by atoms with Crippen molar-refractivity contribution in [1.82, 2.24) is 10.2 Å². The summed E-state index contributed by atoms with van der Waals surface area (Å²) in [6, 6.07) is 28.3. The van der Waals surface area contributed by atoms with Crippen molar-refractivity contribution >= 4 is 23.6 Å². The Bertz CT molecular complexity index is 1510. The third-order valence-corrected chi connectivity index (χ3v) is 6.72. The highest BCUT2D eigenvalue weighted by atomic mass is 19.1. The van der Waals surface area contributed by atoms with Crippen LogP contribution in [0.1, 0.15) is 38.7 Å². The average molecular weight is 538 g/mol. The molecule has 1 heterocycles. The third-order valence-electron chi connectivity index (χ3n) is 6.72. The molecule has 1 saturated heterocycles. The molecule has 0 unspecified atom stereocenters. The normalized spacial score (nSPS) is 16.4. The van der Waals surface area contributed by atoms with Crippen molar-refractivity contribution in [2.75, 3.05) is 5.32 Å². The van der Waals surface area contributed by atoms with Gasteiger partial charge in [-0.1, -0.05) is 72.3 Å². The number of carbonyl (C=O) groups excluding carboxylic acids is 3. The Morgan fingerprint density at radius 3 is 2.33 bits per heavy atom. The van der Waals surface area contributed by atoms with Crippen LogP contribution in [0.3, 0.4) is 0 Å². The second-order valence-electron chi connectivity index (χ2n) is 9.65. The van der Waals surface area contributed by atoms with Crippen LogP contribution in [0.15, 0.2) is 103 Å². The summed E-state index contributed by atoms with van der Waals surface area (Å²) in [7, 11) is 0. The maximum Gasteiger partial charge on any atom is 0.411 e. The molecule has 40 heavy (non-hydrogen) atoms. The quantitative estimate of drug-likeness (QED) is 0.299. The van der Waals surface area contributed by atoms with Gasteiger partial charge in [0, 0.05) is 17.8 Å². The number of nitrogens with one attached hydrogen (secondary N) is 2. The van der Waals surface area contributed by atoms with Crippen LogP contribution in [0.5, 0.6) is 0 Å². The minimum Gasteiger partial charge on any atom is -0.438 e. The molecule has 202 valence electrons. The summed E-state index contributed by atoms with van der Waals surface area (Å²) in [5.74, 6) is -1.07. The topological polar surface area (TPSA) is 87.7 Å². The zero-order chi connectivity index (χ0) is 28.1. The lowest BCUT2D eigenvalue weighted by molar-refractivity contribution is -0.126. The molecule has 4 aromatic rings. The maximum atomic E-state index is 13.6.